The van der Waals surface area contributed by atoms with Crippen LogP contribution in [0.25, 0.3) is 105 Å². The quantitative estimate of drug-likeness (QED) is 0.171. The van der Waals surface area contributed by atoms with E-state index < -0.39 is 0 Å². The molecule has 59 heavy (non-hydrogen) atoms. The molecule has 278 valence electrons. The standard InChI is InChI=1S/C57H39NO/c1-57(2)51-20-9-6-15-45(51)46-30-28-43(35-52(46)57)58-53-21-10-7-16-47(53)48-29-27-39(34-54(48)58)41-31-40(38-25-23-37(24-26-38)36-13-4-3-5-14-36)32-42(33-41)44-18-12-19-50-49-17-8-11-22-55(49)59-56(44)50/h3-35H,1-2H3. The van der Waals surface area contributed by atoms with Gasteiger partial charge in [-0.3, -0.25) is 0 Å². The molecule has 2 heterocycles. The fourth-order valence-electron chi connectivity index (χ4n) is 9.84. The van der Waals surface area contributed by atoms with Crippen molar-refractivity contribution in [2.75, 3.05) is 0 Å². The molecule has 0 atom stereocenters. The van der Waals surface area contributed by atoms with Gasteiger partial charge in [-0.1, -0.05) is 166 Å². The van der Waals surface area contributed by atoms with Crippen LogP contribution < -0.4 is 0 Å². The highest BCUT2D eigenvalue weighted by atomic mass is 16.3. The van der Waals surface area contributed by atoms with Crippen molar-refractivity contribution in [2.24, 2.45) is 0 Å². The third-order valence-corrected chi connectivity index (χ3v) is 12.8. The van der Waals surface area contributed by atoms with Crippen molar-refractivity contribution in [3.05, 3.63) is 211 Å². The van der Waals surface area contributed by atoms with Crippen LogP contribution in [0.2, 0.25) is 0 Å². The van der Waals surface area contributed by atoms with E-state index in [4.69, 9.17) is 4.42 Å². The minimum Gasteiger partial charge on any atom is -0.455 e. The molecule has 9 aromatic carbocycles. The zero-order valence-electron chi connectivity index (χ0n) is 32.9. The molecule has 0 saturated carbocycles. The number of benzene rings is 9. The van der Waals surface area contributed by atoms with Gasteiger partial charge >= 0.3 is 0 Å². The molecule has 12 rings (SSSR count). The second kappa shape index (κ2) is 12.8. The average molecular weight is 754 g/mol. The van der Waals surface area contributed by atoms with E-state index >= 15 is 0 Å². The van der Waals surface area contributed by atoms with E-state index in [0.717, 1.165) is 49.8 Å². The van der Waals surface area contributed by atoms with Crippen molar-refractivity contribution < 1.29 is 4.42 Å². The third kappa shape index (κ3) is 5.20. The average Bonchev–Trinajstić information content (AvgIpc) is 3.91. The fourth-order valence-corrected chi connectivity index (χ4v) is 9.84. The Balaban J connectivity index is 1.06. The molecule has 0 bridgehead atoms. The van der Waals surface area contributed by atoms with Crippen LogP contribution in [0.15, 0.2) is 205 Å². The molecule has 0 fully saturated rings. The van der Waals surface area contributed by atoms with Crippen LogP contribution in [-0.2, 0) is 5.41 Å². The van der Waals surface area contributed by atoms with Crippen LogP contribution >= 0.6 is 0 Å². The molecule has 0 saturated heterocycles. The van der Waals surface area contributed by atoms with Crippen molar-refractivity contribution in [2.45, 2.75) is 19.3 Å². The largest absolute Gasteiger partial charge is 0.455 e. The van der Waals surface area contributed by atoms with E-state index in [1.807, 2.05) is 6.07 Å². The summed E-state index contributed by atoms with van der Waals surface area (Å²) in [6, 6.07) is 73.2. The Kier molecular flexibility index (Phi) is 7.31. The lowest BCUT2D eigenvalue weighted by atomic mass is 9.82. The highest BCUT2D eigenvalue weighted by Gasteiger charge is 2.35. The van der Waals surface area contributed by atoms with Gasteiger partial charge in [-0.05, 0) is 110 Å². The summed E-state index contributed by atoms with van der Waals surface area (Å²) >= 11 is 0. The van der Waals surface area contributed by atoms with Gasteiger partial charge in [-0.2, -0.15) is 0 Å². The molecule has 0 unspecified atom stereocenters. The number of fused-ring (bicyclic) bond motifs is 9. The van der Waals surface area contributed by atoms with Gasteiger partial charge in [0, 0.05) is 38.2 Å². The Morgan fingerprint density at radius 3 is 1.80 bits per heavy atom. The maximum absolute atomic E-state index is 6.61. The molecule has 0 spiro atoms. The van der Waals surface area contributed by atoms with Gasteiger partial charge in [0.1, 0.15) is 11.2 Å². The van der Waals surface area contributed by atoms with Gasteiger partial charge in [0.2, 0.25) is 0 Å². The van der Waals surface area contributed by atoms with E-state index in [2.05, 4.69) is 213 Å². The lowest BCUT2D eigenvalue weighted by molar-refractivity contribution is 0.660. The summed E-state index contributed by atoms with van der Waals surface area (Å²) in [6.07, 6.45) is 0. The summed E-state index contributed by atoms with van der Waals surface area (Å²) in [5.74, 6) is 0. The minimum atomic E-state index is -0.0926. The van der Waals surface area contributed by atoms with Gasteiger partial charge in [0.25, 0.3) is 0 Å². The zero-order chi connectivity index (χ0) is 39.2. The molecular weight excluding hydrogens is 715 g/mol. The number of furan rings is 1. The van der Waals surface area contributed by atoms with Crippen LogP contribution in [0, 0.1) is 0 Å². The molecule has 0 N–H and O–H groups in total. The molecule has 2 heteroatoms. The van der Waals surface area contributed by atoms with Gasteiger partial charge in [0.15, 0.2) is 0 Å². The predicted octanol–water partition coefficient (Wildman–Crippen LogP) is 15.7. The Hall–Kier alpha value is -7.42. The third-order valence-electron chi connectivity index (χ3n) is 12.8. The normalized spacial score (nSPS) is 13.1. The van der Waals surface area contributed by atoms with E-state index in [1.54, 1.807) is 0 Å². The molecular formula is C57H39NO. The summed E-state index contributed by atoms with van der Waals surface area (Å²) < 4.78 is 9.08. The number of hydrogen-bond acceptors (Lipinski definition) is 1. The SMILES string of the molecule is CC1(C)c2ccccc2-c2ccc(-n3c4ccccc4c4ccc(-c5cc(-c6ccc(-c7ccccc7)cc6)cc(-c6cccc7c6oc6ccccc67)c5)cc43)cc21. The van der Waals surface area contributed by atoms with E-state index in [-0.39, 0.29) is 5.41 Å². The first-order chi connectivity index (χ1) is 29.0. The van der Waals surface area contributed by atoms with Crippen LogP contribution in [0.1, 0.15) is 25.0 Å². The maximum Gasteiger partial charge on any atom is 0.143 e. The number of rotatable bonds is 5. The van der Waals surface area contributed by atoms with Crippen LogP contribution in [0.4, 0.5) is 0 Å². The van der Waals surface area contributed by atoms with E-state index in [9.17, 15) is 0 Å². The zero-order valence-corrected chi connectivity index (χ0v) is 32.9. The molecule has 0 radical (unpaired) electrons. The van der Waals surface area contributed by atoms with Gasteiger partial charge in [-0.15, -0.1) is 0 Å². The lowest BCUT2D eigenvalue weighted by Crippen LogP contribution is -2.15. The van der Waals surface area contributed by atoms with Gasteiger partial charge in [-0.25, -0.2) is 0 Å². The number of aromatic nitrogens is 1. The highest BCUT2D eigenvalue weighted by molar-refractivity contribution is 6.11. The molecule has 2 aromatic heterocycles. The van der Waals surface area contributed by atoms with Crippen LogP contribution in [0.5, 0.6) is 0 Å². The van der Waals surface area contributed by atoms with Crippen molar-refractivity contribution in [1.82, 2.24) is 4.57 Å². The number of para-hydroxylation sites is 3. The van der Waals surface area contributed by atoms with Crippen molar-refractivity contribution in [1.29, 1.82) is 0 Å². The number of hydrogen-bond donors (Lipinski definition) is 0. The summed E-state index contributed by atoms with van der Waals surface area (Å²) in [7, 11) is 0. The van der Waals surface area contributed by atoms with Crippen molar-refractivity contribution >= 4 is 43.7 Å². The molecule has 1 aliphatic rings. The van der Waals surface area contributed by atoms with E-state index in [0.29, 0.717) is 0 Å². The van der Waals surface area contributed by atoms with Crippen LogP contribution in [0.3, 0.4) is 0 Å². The van der Waals surface area contributed by atoms with Crippen LogP contribution in [-0.4, -0.2) is 4.57 Å². The summed E-state index contributed by atoms with van der Waals surface area (Å²) in [5.41, 5.74) is 20.0. The van der Waals surface area contributed by atoms with Gasteiger partial charge in [0.05, 0.1) is 11.0 Å². The Morgan fingerprint density at radius 1 is 0.356 bits per heavy atom. The summed E-state index contributed by atoms with van der Waals surface area (Å²) in [6.45, 7) is 4.72. The summed E-state index contributed by atoms with van der Waals surface area (Å²) in [4.78, 5) is 0. The predicted molar refractivity (Wildman–Crippen MR) is 247 cm³/mol. The van der Waals surface area contributed by atoms with E-state index in [1.165, 1.54) is 66.4 Å². The Morgan fingerprint density at radius 2 is 0.949 bits per heavy atom. The Bertz CT molecular complexity index is 3450. The molecule has 2 nitrogen and oxygen atoms in total. The minimum absolute atomic E-state index is 0.0926. The highest BCUT2D eigenvalue weighted by Crippen LogP contribution is 2.50. The fraction of sp³-hybridized carbons (Fsp3) is 0.0526. The smallest absolute Gasteiger partial charge is 0.143 e. The monoisotopic (exact) mass is 753 g/mol. The lowest BCUT2D eigenvalue weighted by Gasteiger charge is -2.22. The second-order valence-electron chi connectivity index (χ2n) is 16.5. The molecule has 1 aliphatic carbocycles. The second-order valence-corrected chi connectivity index (χ2v) is 16.5. The molecule has 0 amide bonds. The Labute approximate surface area is 343 Å². The first-order valence-electron chi connectivity index (χ1n) is 20.5. The van der Waals surface area contributed by atoms with Crippen molar-refractivity contribution in [3.8, 4) is 61.3 Å². The van der Waals surface area contributed by atoms with Gasteiger partial charge < -0.3 is 8.98 Å². The van der Waals surface area contributed by atoms with Crippen molar-refractivity contribution in [3.63, 3.8) is 0 Å². The number of nitrogens with zero attached hydrogens (tertiary/aromatic N) is 1. The first-order valence-corrected chi connectivity index (χ1v) is 20.5. The summed E-state index contributed by atoms with van der Waals surface area (Å²) in [5, 5.41) is 4.76. The molecule has 0 aliphatic heterocycles. The topological polar surface area (TPSA) is 18.1 Å². The molecule has 11 aromatic rings. The first kappa shape index (κ1) is 33.7. The maximum atomic E-state index is 6.61.